The van der Waals surface area contributed by atoms with Gasteiger partial charge in [0.15, 0.2) is 0 Å². The molecule has 1 N–H and O–H groups in total. The van der Waals surface area contributed by atoms with Gasteiger partial charge in [-0.3, -0.25) is 0 Å². The molecule has 1 aliphatic rings. The van der Waals surface area contributed by atoms with E-state index < -0.39 is 12.1 Å². The molecule has 5 heteroatoms. The second kappa shape index (κ2) is 6.77. The highest BCUT2D eigenvalue weighted by Gasteiger charge is 2.43. The molecule has 3 unspecified atom stereocenters. The van der Waals surface area contributed by atoms with Crippen LogP contribution in [-0.4, -0.2) is 19.3 Å². The largest absolute Gasteiger partial charge is 0.391 e. The summed E-state index contributed by atoms with van der Waals surface area (Å²) in [6, 6.07) is 6.18. The first-order valence-corrected chi connectivity index (χ1v) is 7.38. The number of likely N-dealkylation sites (N-methyl/N-ethyl adjacent to an activating group) is 1. The van der Waals surface area contributed by atoms with Gasteiger partial charge in [-0.1, -0.05) is 18.6 Å². The lowest BCUT2D eigenvalue weighted by molar-refractivity contribution is -0.186. The molecule has 1 fully saturated rings. The first-order chi connectivity index (χ1) is 9.90. The zero-order valence-electron chi connectivity index (χ0n) is 12.1. The summed E-state index contributed by atoms with van der Waals surface area (Å²) in [5.74, 6) is -1.46. The van der Waals surface area contributed by atoms with Gasteiger partial charge in [0.1, 0.15) is 5.82 Å². The van der Waals surface area contributed by atoms with Gasteiger partial charge < -0.3 is 5.32 Å². The van der Waals surface area contributed by atoms with Crippen molar-refractivity contribution in [3.05, 3.63) is 35.6 Å². The van der Waals surface area contributed by atoms with E-state index in [4.69, 9.17) is 0 Å². The minimum absolute atomic E-state index is 0.000566. The first-order valence-electron chi connectivity index (χ1n) is 7.38. The van der Waals surface area contributed by atoms with E-state index in [0.717, 1.165) is 12.0 Å². The molecule has 118 valence electrons. The fraction of sp³-hybridized carbons (Fsp3) is 0.625. The first kappa shape index (κ1) is 16.3. The van der Waals surface area contributed by atoms with E-state index in [1.165, 1.54) is 12.1 Å². The minimum atomic E-state index is -4.09. The molecule has 2 rings (SSSR count). The third-order valence-electron chi connectivity index (χ3n) is 4.49. The lowest BCUT2D eigenvalue weighted by Gasteiger charge is -2.35. The van der Waals surface area contributed by atoms with Crippen molar-refractivity contribution in [3.8, 4) is 0 Å². The Morgan fingerprint density at radius 3 is 2.43 bits per heavy atom. The van der Waals surface area contributed by atoms with Crippen LogP contribution < -0.4 is 5.32 Å². The SMILES string of the molecule is CNC(Cc1ccc(F)cc1)C1CCCC(C(F)(F)F)C1. The number of nitrogens with one attached hydrogen (secondary N) is 1. The van der Waals surface area contributed by atoms with E-state index in [1.807, 2.05) is 0 Å². The van der Waals surface area contributed by atoms with Crippen LogP contribution in [0, 0.1) is 17.7 Å². The van der Waals surface area contributed by atoms with Gasteiger partial charge in [-0.2, -0.15) is 13.2 Å². The number of hydrogen-bond acceptors (Lipinski definition) is 1. The Morgan fingerprint density at radius 2 is 1.86 bits per heavy atom. The van der Waals surface area contributed by atoms with Crippen molar-refractivity contribution in [3.63, 3.8) is 0 Å². The van der Waals surface area contributed by atoms with Crippen molar-refractivity contribution in [2.24, 2.45) is 11.8 Å². The van der Waals surface area contributed by atoms with E-state index in [1.54, 1.807) is 19.2 Å². The molecule has 1 aliphatic carbocycles. The van der Waals surface area contributed by atoms with Crippen molar-refractivity contribution >= 4 is 0 Å². The lowest BCUT2D eigenvalue weighted by Crippen LogP contribution is -2.40. The molecule has 1 aromatic rings. The van der Waals surface area contributed by atoms with Crippen LogP contribution in [0.1, 0.15) is 31.2 Å². The quantitative estimate of drug-likeness (QED) is 0.817. The number of alkyl halides is 3. The molecule has 0 radical (unpaired) electrons. The predicted octanol–water partition coefficient (Wildman–Crippen LogP) is 4.32. The Morgan fingerprint density at radius 1 is 1.19 bits per heavy atom. The maximum Gasteiger partial charge on any atom is 0.391 e. The molecular weight excluding hydrogens is 282 g/mol. The summed E-state index contributed by atoms with van der Waals surface area (Å²) in [6.45, 7) is 0. The minimum Gasteiger partial charge on any atom is -0.316 e. The molecule has 21 heavy (non-hydrogen) atoms. The molecule has 0 saturated heterocycles. The summed E-state index contributed by atoms with van der Waals surface area (Å²) in [5, 5.41) is 3.15. The number of hydrogen-bond donors (Lipinski definition) is 1. The van der Waals surface area contributed by atoms with E-state index in [-0.39, 0.29) is 30.6 Å². The van der Waals surface area contributed by atoms with Crippen molar-refractivity contribution in [2.45, 2.75) is 44.3 Å². The molecule has 1 saturated carbocycles. The lowest BCUT2D eigenvalue weighted by atomic mass is 9.76. The monoisotopic (exact) mass is 303 g/mol. The predicted molar refractivity (Wildman–Crippen MR) is 74.5 cm³/mol. The zero-order valence-corrected chi connectivity index (χ0v) is 12.1. The summed E-state index contributed by atoms with van der Waals surface area (Å²) >= 11 is 0. The summed E-state index contributed by atoms with van der Waals surface area (Å²) in [4.78, 5) is 0. The highest BCUT2D eigenvalue weighted by molar-refractivity contribution is 5.17. The van der Waals surface area contributed by atoms with Crippen molar-refractivity contribution in [1.82, 2.24) is 5.32 Å². The third kappa shape index (κ3) is 4.43. The van der Waals surface area contributed by atoms with Gasteiger partial charge >= 0.3 is 6.18 Å². The summed E-state index contributed by atoms with van der Waals surface area (Å²) in [6.07, 6.45) is -1.59. The molecule has 0 aromatic heterocycles. The van der Waals surface area contributed by atoms with Crippen LogP contribution in [0.3, 0.4) is 0 Å². The Kier molecular flexibility index (Phi) is 5.25. The van der Waals surface area contributed by atoms with Gasteiger partial charge in [0.2, 0.25) is 0 Å². The van der Waals surface area contributed by atoms with Crippen molar-refractivity contribution < 1.29 is 17.6 Å². The summed E-state index contributed by atoms with van der Waals surface area (Å²) in [5.41, 5.74) is 0.949. The second-order valence-corrected chi connectivity index (χ2v) is 5.89. The molecule has 0 aliphatic heterocycles. The van der Waals surface area contributed by atoms with Gasteiger partial charge in [0.25, 0.3) is 0 Å². The second-order valence-electron chi connectivity index (χ2n) is 5.89. The average Bonchev–Trinajstić information content (AvgIpc) is 2.46. The van der Waals surface area contributed by atoms with Gasteiger partial charge in [-0.05, 0) is 56.3 Å². The fourth-order valence-corrected chi connectivity index (χ4v) is 3.27. The number of benzene rings is 1. The van der Waals surface area contributed by atoms with Crippen molar-refractivity contribution in [2.75, 3.05) is 7.05 Å². The average molecular weight is 303 g/mol. The molecule has 1 nitrogen and oxygen atoms in total. The zero-order chi connectivity index (χ0) is 15.5. The molecule has 0 spiro atoms. The normalized spacial score (nSPS) is 24.8. The Hall–Kier alpha value is -1.10. The highest BCUT2D eigenvalue weighted by Crippen LogP contribution is 2.41. The van der Waals surface area contributed by atoms with Gasteiger partial charge in [-0.15, -0.1) is 0 Å². The number of rotatable bonds is 4. The van der Waals surface area contributed by atoms with Gasteiger partial charge in [-0.25, -0.2) is 4.39 Å². The standard InChI is InChI=1S/C16H21F4N/c1-21-15(9-11-5-7-14(17)8-6-11)12-3-2-4-13(10-12)16(18,19)20/h5-8,12-13,15,21H,2-4,9-10H2,1H3. The van der Waals surface area contributed by atoms with E-state index >= 15 is 0 Å². The topological polar surface area (TPSA) is 12.0 Å². The maximum atomic E-state index is 12.9. The number of halogens is 4. The Bertz CT molecular complexity index is 441. The smallest absolute Gasteiger partial charge is 0.316 e. The molecule has 1 aromatic carbocycles. The van der Waals surface area contributed by atoms with E-state index in [2.05, 4.69) is 5.32 Å². The van der Waals surface area contributed by atoms with Crippen LogP contribution in [-0.2, 0) is 6.42 Å². The van der Waals surface area contributed by atoms with Crippen LogP contribution in [0.4, 0.5) is 17.6 Å². The molecule has 3 atom stereocenters. The Labute approximate surface area is 122 Å². The molecular formula is C16H21F4N. The summed E-state index contributed by atoms with van der Waals surface area (Å²) < 4.78 is 51.6. The van der Waals surface area contributed by atoms with E-state index in [9.17, 15) is 17.6 Å². The van der Waals surface area contributed by atoms with Gasteiger partial charge in [0, 0.05) is 6.04 Å². The molecule has 0 bridgehead atoms. The van der Waals surface area contributed by atoms with Crippen LogP contribution in [0.25, 0.3) is 0 Å². The fourth-order valence-electron chi connectivity index (χ4n) is 3.27. The van der Waals surface area contributed by atoms with E-state index in [0.29, 0.717) is 12.8 Å². The summed E-state index contributed by atoms with van der Waals surface area (Å²) in [7, 11) is 1.78. The van der Waals surface area contributed by atoms with Crippen LogP contribution in [0.5, 0.6) is 0 Å². The Balaban J connectivity index is 2.01. The molecule has 0 amide bonds. The maximum absolute atomic E-state index is 12.9. The molecule has 0 heterocycles. The van der Waals surface area contributed by atoms with Crippen molar-refractivity contribution in [1.29, 1.82) is 0 Å². The van der Waals surface area contributed by atoms with Gasteiger partial charge in [0.05, 0.1) is 5.92 Å². The third-order valence-corrected chi connectivity index (χ3v) is 4.49. The van der Waals surface area contributed by atoms with Crippen LogP contribution in [0.15, 0.2) is 24.3 Å². The van der Waals surface area contributed by atoms with Crippen LogP contribution >= 0.6 is 0 Å². The van der Waals surface area contributed by atoms with Crippen LogP contribution in [0.2, 0.25) is 0 Å². The highest BCUT2D eigenvalue weighted by atomic mass is 19.4.